The van der Waals surface area contributed by atoms with E-state index >= 15 is 0 Å². The lowest BCUT2D eigenvalue weighted by Gasteiger charge is -2.16. The average molecular weight is 350 g/mol. The Morgan fingerprint density at radius 3 is 2.48 bits per heavy atom. The fourth-order valence-corrected chi connectivity index (χ4v) is 2.49. The fraction of sp³-hybridized carbons (Fsp3) is 0.294. The molecule has 0 heterocycles. The van der Waals surface area contributed by atoms with Gasteiger partial charge in [-0.2, -0.15) is 0 Å². The minimum Gasteiger partial charge on any atom is -0.497 e. The van der Waals surface area contributed by atoms with E-state index in [1.807, 2.05) is 30.3 Å². The van der Waals surface area contributed by atoms with Crippen LogP contribution in [0.5, 0.6) is 17.2 Å². The summed E-state index contributed by atoms with van der Waals surface area (Å²) in [5.74, 6) is 2.70. The molecule has 2 rings (SSSR count). The number of hydrogen-bond donors (Lipinski definition) is 1. The molecule has 4 heteroatoms. The first kappa shape index (κ1) is 15.9. The van der Waals surface area contributed by atoms with Gasteiger partial charge in [-0.25, -0.2) is 0 Å². The van der Waals surface area contributed by atoms with Gasteiger partial charge in [-0.3, -0.25) is 0 Å². The molecule has 0 bridgehead atoms. The predicted molar refractivity (Wildman–Crippen MR) is 89.2 cm³/mol. The van der Waals surface area contributed by atoms with Gasteiger partial charge in [-0.15, -0.1) is 0 Å². The van der Waals surface area contributed by atoms with Crippen LogP contribution < -0.4 is 15.2 Å². The highest BCUT2D eigenvalue weighted by molar-refractivity contribution is 9.10. The van der Waals surface area contributed by atoms with Crippen LogP contribution in [0.1, 0.15) is 30.9 Å². The summed E-state index contributed by atoms with van der Waals surface area (Å²) >= 11 is 3.51. The van der Waals surface area contributed by atoms with E-state index in [4.69, 9.17) is 15.2 Å². The number of halogens is 1. The molecule has 0 aliphatic carbocycles. The molecule has 0 unspecified atom stereocenters. The van der Waals surface area contributed by atoms with Crippen molar-refractivity contribution in [2.45, 2.75) is 26.3 Å². The monoisotopic (exact) mass is 349 g/mol. The van der Waals surface area contributed by atoms with Crippen LogP contribution in [-0.4, -0.2) is 7.11 Å². The summed E-state index contributed by atoms with van der Waals surface area (Å²) in [6, 6.07) is 11.7. The maximum absolute atomic E-state index is 6.11. The maximum Gasteiger partial charge on any atom is 0.135 e. The molecule has 2 N–H and O–H groups in total. The molecule has 0 amide bonds. The van der Waals surface area contributed by atoms with Gasteiger partial charge in [-0.1, -0.05) is 35.8 Å². The molecule has 0 spiro atoms. The molecule has 2 aromatic rings. The molecule has 0 aliphatic rings. The summed E-state index contributed by atoms with van der Waals surface area (Å²) in [5.41, 5.74) is 7.89. The van der Waals surface area contributed by atoms with E-state index in [2.05, 4.69) is 35.8 Å². The van der Waals surface area contributed by atoms with Crippen molar-refractivity contribution >= 4 is 15.9 Å². The largest absolute Gasteiger partial charge is 0.497 e. The van der Waals surface area contributed by atoms with Gasteiger partial charge in [0, 0.05) is 22.6 Å². The van der Waals surface area contributed by atoms with E-state index in [1.54, 1.807) is 7.11 Å². The number of hydrogen-bond acceptors (Lipinski definition) is 3. The quantitative estimate of drug-likeness (QED) is 0.840. The van der Waals surface area contributed by atoms with E-state index in [1.165, 1.54) is 0 Å². The average Bonchev–Trinajstić information content (AvgIpc) is 2.48. The molecule has 0 aromatic heterocycles. The summed E-state index contributed by atoms with van der Waals surface area (Å²) in [5, 5.41) is 0. The van der Waals surface area contributed by atoms with Crippen LogP contribution in [0.3, 0.4) is 0 Å². The summed E-state index contributed by atoms with van der Waals surface area (Å²) < 4.78 is 12.4. The van der Waals surface area contributed by atoms with Crippen LogP contribution >= 0.6 is 15.9 Å². The van der Waals surface area contributed by atoms with E-state index < -0.39 is 0 Å². The zero-order valence-electron chi connectivity index (χ0n) is 12.5. The Morgan fingerprint density at radius 1 is 1.10 bits per heavy atom. The van der Waals surface area contributed by atoms with Crippen LogP contribution in [0.15, 0.2) is 40.9 Å². The van der Waals surface area contributed by atoms with E-state index in [9.17, 15) is 0 Å². The van der Waals surface area contributed by atoms with E-state index in [0.717, 1.165) is 32.8 Å². The molecule has 0 radical (unpaired) electrons. The van der Waals surface area contributed by atoms with E-state index in [-0.39, 0.29) is 0 Å². The van der Waals surface area contributed by atoms with Crippen molar-refractivity contribution < 1.29 is 9.47 Å². The summed E-state index contributed by atoms with van der Waals surface area (Å²) in [7, 11) is 1.64. The van der Waals surface area contributed by atoms with Crippen LogP contribution in [0, 0.1) is 0 Å². The Morgan fingerprint density at radius 2 is 1.86 bits per heavy atom. The number of ether oxygens (including phenoxy) is 2. The molecule has 0 aliphatic heterocycles. The van der Waals surface area contributed by atoms with Gasteiger partial charge in [0.15, 0.2) is 0 Å². The zero-order chi connectivity index (χ0) is 15.4. The molecular weight excluding hydrogens is 330 g/mol. The summed E-state index contributed by atoms with van der Waals surface area (Å²) in [6.45, 7) is 4.71. The summed E-state index contributed by atoms with van der Waals surface area (Å²) in [4.78, 5) is 0. The molecular formula is C17H20BrNO2. The Hall–Kier alpha value is -1.52. The standard InChI is InChI=1S/C17H20BrNO2/c1-11(2)15-8-13(18)5-7-16(15)21-17-9-14(20-3)6-4-12(17)10-19/h4-9,11H,10,19H2,1-3H3. The first-order chi connectivity index (χ1) is 10.0. The second-order valence-electron chi connectivity index (χ2n) is 5.12. The number of benzene rings is 2. The van der Waals surface area contributed by atoms with Crippen LogP contribution in [0.2, 0.25) is 0 Å². The van der Waals surface area contributed by atoms with Crippen LogP contribution in [0.25, 0.3) is 0 Å². The van der Waals surface area contributed by atoms with Crippen LogP contribution in [0.4, 0.5) is 0 Å². The Kier molecular flexibility index (Phi) is 5.26. The highest BCUT2D eigenvalue weighted by Crippen LogP contribution is 2.35. The molecule has 112 valence electrons. The van der Waals surface area contributed by atoms with Gasteiger partial charge in [0.1, 0.15) is 17.2 Å². The Labute approximate surface area is 134 Å². The minimum atomic E-state index is 0.365. The van der Waals surface area contributed by atoms with Gasteiger partial charge < -0.3 is 15.2 Å². The van der Waals surface area contributed by atoms with Crippen molar-refractivity contribution in [3.63, 3.8) is 0 Å². The second kappa shape index (κ2) is 6.96. The van der Waals surface area contributed by atoms with Gasteiger partial charge in [-0.05, 0) is 35.7 Å². The fourth-order valence-electron chi connectivity index (χ4n) is 2.11. The zero-order valence-corrected chi connectivity index (χ0v) is 14.1. The number of nitrogens with two attached hydrogens (primary N) is 1. The van der Waals surface area contributed by atoms with Crippen molar-refractivity contribution in [3.05, 3.63) is 52.0 Å². The van der Waals surface area contributed by atoms with Crippen molar-refractivity contribution in [2.24, 2.45) is 5.73 Å². The Bertz CT molecular complexity index is 626. The van der Waals surface area contributed by atoms with Crippen molar-refractivity contribution in [2.75, 3.05) is 7.11 Å². The molecule has 0 saturated carbocycles. The smallest absolute Gasteiger partial charge is 0.135 e. The lowest BCUT2D eigenvalue weighted by atomic mass is 10.0. The van der Waals surface area contributed by atoms with Gasteiger partial charge in [0.2, 0.25) is 0 Å². The van der Waals surface area contributed by atoms with E-state index in [0.29, 0.717) is 12.5 Å². The maximum atomic E-state index is 6.11. The summed E-state index contributed by atoms with van der Waals surface area (Å²) in [6.07, 6.45) is 0. The van der Waals surface area contributed by atoms with Gasteiger partial charge in [0.25, 0.3) is 0 Å². The SMILES string of the molecule is COc1ccc(CN)c(Oc2ccc(Br)cc2C(C)C)c1. The van der Waals surface area contributed by atoms with Crippen molar-refractivity contribution in [3.8, 4) is 17.2 Å². The lowest BCUT2D eigenvalue weighted by molar-refractivity contribution is 0.407. The third-order valence-electron chi connectivity index (χ3n) is 3.31. The van der Waals surface area contributed by atoms with Crippen molar-refractivity contribution in [1.29, 1.82) is 0 Å². The third kappa shape index (κ3) is 3.77. The first-order valence-corrected chi connectivity index (χ1v) is 7.68. The third-order valence-corrected chi connectivity index (χ3v) is 3.80. The highest BCUT2D eigenvalue weighted by atomic mass is 79.9. The predicted octanol–water partition coefficient (Wildman–Crippen LogP) is 4.83. The minimum absolute atomic E-state index is 0.365. The molecule has 0 atom stereocenters. The Balaban J connectivity index is 2.42. The molecule has 3 nitrogen and oxygen atoms in total. The molecule has 21 heavy (non-hydrogen) atoms. The normalized spacial score (nSPS) is 10.8. The number of methoxy groups -OCH3 is 1. The van der Waals surface area contributed by atoms with Crippen LogP contribution in [-0.2, 0) is 6.54 Å². The van der Waals surface area contributed by atoms with Crippen molar-refractivity contribution in [1.82, 2.24) is 0 Å². The van der Waals surface area contributed by atoms with Gasteiger partial charge >= 0.3 is 0 Å². The highest BCUT2D eigenvalue weighted by Gasteiger charge is 2.12. The first-order valence-electron chi connectivity index (χ1n) is 6.89. The molecule has 0 saturated heterocycles. The molecule has 0 fully saturated rings. The topological polar surface area (TPSA) is 44.5 Å². The molecule has 2 aromatic carbocycles. The number of rotatable bonds is 5. The second-order valence-corrected chi connectivity index (χ2v) is 6.03. The lowest BCUT2D eigenvalue weighted by Crippen LogP contribution is -2.01. The van der Waals surface area contributed by atoms with Gasteiger partial charge in [0.05, 0.1) is 7.11 Å².